The van der Waals surface area contributed by atoms with E-state index in [2.05, 4.69) is 9.88 Å². The number of anilines is 1. The highest BCUT2D eigenvalue weighted by atomic mass is 16.3. The first-order chi connectivity index (χ1) is 7.69. The third kappa shape index (κ3) is 2.51. The van der Waals surface area contributed by atoms with Crippen molar-refractivity contribution in [1.29, 1.82) is 0 Å². The number of piperidine rings is 1. The smallest absolute Gasteiger partial charge is 0.129 e. The number of aryl methyl sites for hydroxylation is 1. The molecule has 4 nitrogen and oxygen atoms in total. The molecule has 1 atom stereocenters. The van der Waals surface area contributed by atoms with E-state index in [0.717, 1.165) is 36.5 Å². The minimum Gasteiger partial charge on any atom is -0.392 e. The molecule has 2 heterocycles. The fraction of sp³-hybridized carbons (Fsp3) is 0.583. The third-order valence-corrected chi connectivity index (χ3v) is 2.90. The molecule has 1 aromatic rings. The predicted molar refractivity (Wildman–Crippen MR) is 62.4 cm³/mol. The summed E-state index contributed by atoms with van der Waals surface area (Å²) in [6.45, 7) is 3.52. The van der Waals surface area contributed by atoms with Gasteiger partial charge in [0.15, 0.2) is 0 Å². The highest BCUT2D eigenvalue weighted by Gasteiger charge is 2.19. The van der Waals surface area contributed by atoms with Crippen molar-refractivity contribution in [2.75, 3.05) is 18.0 Å². The molecule has 1 fully saturated rings. The van der Waals surface area contributed by atoms with Crippen LogP contribution in [0.1, 0.15) is 24.1 Å². The van der Waals surface area contributed by atoms with Crippen LogP contribution in [0.3, 0.4) is 0 Å². The van der Waals surface area contributed by atoms with Gasteiger partial charge >= 0.3 is 0 Å². The zero-order valence-corrected chi connectivity index (χ0v) is 9.56. The molecular weight excluding hydrogens is 204 g/mol. The van der Waals surface area contributed by atoms with Crippen LogP contribution in [0.5, 0.6) is 0 Å². The fourth-order valence-electron chi connectivity index (χ4n) is 2.14. The first-order valence-corrected chi connectivity index (χ1v) is 5.70. The normalized spacial score (nSPS) is 21.2. The van der Waals surface area contributed by atoms with Gasteiger partial charge in [-0.25, -0.2) is 4.98 Å². The van der Waals surface area contributed by atoms with E-state index in [1.807, 2.05) is 19.1 Å². The van der Waals surface area contributed by atoms with E-state index in [9.17, 15) is 5.11 Å². The Morgan fingerprint density at radius 1 is 1.50 bits per heavy atom. The van der Waals surface area contributed by atoms with Gasteiger partial charge in [-0.3, -0.25) is 0 Å². The van der Waals surface area contributed by atoms with Crippen LogP contribution in [-0.4, -0.2) is 34.4 Å². The molecule has 0 amide bonds. The van der Waals surface area contributed by atoms with Gasteiger partial charge in [-0.1, -0.05) is 0 Å². The summed E-state index contributed by atoms with van der Waals surface area (Å²) in [5.74, 6) is 0.864. The first kappa shape index (κ1) is 11.4. The van der Waals surface area contributed by atoms with Gasteiger partial charge in [-0.15, -0.1) is 0 Å². The zero-order chi connectivity index (χ0) is 11.5. The number of β-amino-alcohol motifs (C(OH)–C–C–N with tert-alkyl or cyclic N) is 1. The van der Waals surface area contributed by atoms with E-state index in [0.29, 0.717) is 6.54 Å². The van der Waals surface area contributed by atoms with Crippen LogP contribution in [0, 0.1) is 6.92 Å². The van der Waals surface area contributed by atoms with E-state index < -0.39 is 0 Å². The summed E-state index contributed by atoms with van der Waals surface area (Å²) >= 11 is 0. The molecule has 88 valence electrons. The predicted octanol–water partition coefficient (Wildman–Crippen LogP) is 0.843. The van der Waals surface area contributed by atoms with Crippen LogP contribution in [0.25, 0.3) is 0 Å². The van der Waals surface area contributed by atoms with Gasteiger partial charge in [0.1, 0.15) is 5.82 Å². The van der Waals surface area contributed by atoms with Crippen molar-refractivity contribution in [3.05, 3.63) is 23.4 Å². The van der Waals surface area contributed by atoms with Crippen LogP contribution in [0.4, 0.5) is 5.82 Å². The molecule has 0 spiro atoms. The van der Waals surface area contributed by atoms with Crippen LogP contribution in [-0.2, 0) is 6.61 Å². The molecule has 2 N–H and O–H groups in total. The number of rotatable bonds is 2. The second-order valence-corrected chi connectivity index (χ2v) is 4.38. The molecule has 1 unspecified atom stereocenters. The van der Waals surface area contributed by atoms with E-state index in [1.54, 1.807) is 0 Å². The van der Waals surface area contributed by atoms with E-state index in [4.69, 9.17) is 5.11 Å². The van der Waals surface area contributed by atoms with Gasteiger partial charge in [0.05, 0.1) is 12.7 Å². The molecule has 0 aliphatic carbocycles. The molecule has 16 heavy (non-hydrogen) atoms. The van der Waals surface area contributed by atoms with Crippen LogP contribution < -0.4 is 4.90 Å². The van der Waals surface area contributed by atoms with Crippen LogP contribution in [0.2, 0.25) is 0 Å². The van der Waals surface area contributed by atoms with Gasteiger partial charge < -0.3 is 15.1 Å². The minimum absolute atomic E-state index is 0.0345. The van der Waals surface area contributed by atoms with Gasteiger partial charge in [-0.2, -0.15) is 0 Å². The Morgan fingerprint density at radius 3 is 3.00 bits per heavy atom. The number of nitrogens with zero attached hydrogens (tertiary/aromatic N) is 2. The van der Waals surface area contributed by atoms with Crippen molar-refractivity contribution in [3.63, 3.8) is 0 Å². The Labute approximate surface area is 95.5 Å². The molecular formula is C12H18N2O2. The lowest BCUT2D eigenvalue weighted by atomic mass is 10.1. The molecule has 0 radical (unpaired) electrons. The van der Waals surface area contributed by atoms with Crippen molar-refractivity contribution in [2.24, 2.45) is 0 Å². The molecule has 2 rings (SSSR count). The van der Waals surface area contributed by atoms with E-state index in [-0.39, 0.29) is 12.7 Å². The minimum atomic E-state index is -0.256. The van der Waals surface area contributed by atoms with E-state index >= 15 is 0 Å². The Balaban J connectivity index is 2.21. The molecule has 1 aliphatic rings. The summed E-state index contributed by atoms with van der Waals surface area (Å²) in [6.07, 6.45) is 1.61. The summed E-state index contributed by atoms with van der Waals surface area (Å²) < 4.78 is 0. The lowest BCUT2D eigenvalue weighted by Gasteiger charge is -2.31. The molecule has 1 saturated heterocycles. The maximum absolute atomic E-state index is 9.62. The molecule has 4 heteroatoms. The van der Waals surface area contributed by atoms with Gasteiger partial charge in [0.25, 0.3) is 0 Å². The first-order valence-electron chi connectivity index (χ1n) is 5.70. The average Bonchev–Trinajstić information content (AvgIpc) is 2.28. The van der Waals surface area contributed by atoms with Crippen molar-refractivity contribution in [2.45, 2.75) is 32.5 Å². The Bertz CT molecular complexity index is 368. The maximum Gasteiger partial charge on any atom is 0.129 e. The van der Waals surface area contributed by atoms with Gasteiger partial charge in [0.2, 0.25) is 0 Å². The number of hydrogen-bond acceptors (Lipinski definition) is 4. The summed E-state index contributed by atoms with van der Waals surface area (Å²) in [5, 5.41) is 18.8. The molecule has 0 saturated carbocycles. The lowest BCUT2D eigenvalue weighted by molar-refractivity contribution is 0.154. The molecule has 0 aromatic carbocycles. The number of aliphatic hydroxyl groups excluding tert-OH is 2. The molecule has 1 aromatic heterocycles. The maximum atomic E-state index is 9.62. The lowest BCUT2D eigenvalue weighted by Crippen LogP contribution is -2.38. The van der Waals surface area contributed by atoms with Crippen molar-refractivity contribution >= 4 is 5.82 Å². The van der Waals surface area contributed by atoms with Gasteiger partial charge in [0, 0.05) is 18.8 Å². The van der Waals surface area contributed by atoms with Crippen LogP contribution >= 0.6 is 0 Å². The number of aliphatic hydroxyl groups is 2. The highest BCUT2D eigenvalue weighted by molar-refractivity contribution is 5.43. The second-order valence-electron chi connectivity index (χ2n) is 4.38. The second kappa shape index (κ2) is 4.80. The summed E-state index contributed by atoms with van der Waals surface area (Å²) in [4.78, 5) is 6.53. The quantitative estimate of drug-likeness (QED) is 0.778. The molecule has 0 bridgehead atoms. The number of hydrogen-bond donors (Lipinski definition) is 2. The number of aromatic nitrogens is 1. The molecule has 1 aliphatic heterocycles. The summed E-state index contributed by atoms with van der Waals surface area (Å²) in [6, 6.07) is 3.77. The monoisotopic (exact) mass is 222 g/mol. The Hall–Kier alpha value is -1.13. The van der Waals surface area contributed by atoms with Crippen LogP contribution in [0.15, 0.2) is 12.1 Å². The largest absolute Gasteiger partial charge is 0.392 e. The summed E-state index contributed by atoms with van der Waals surface area (Å²) in [7, 11) is 0. The third-order valence-electron chi connectivity index (χ3n) is 2.90. The topological polar surface area (TPSA) is 56.6 Å². The Kier molecular flexibility index (Phi) is 3.41. The average molecular weight is 222 g/mol. The zero-order valence-electron chi connectivity index (χ0n) is 9.56. The fourth-order valence-corrected chi connectivity index (χ4v) is 2.14. The van der Waals surface area contributed by atoms with E-state index in [1.165, 1.54) is 0 Å². The Morgan fingerprint density at radius 2 is 2.31 bits per heavy atom. The highest BCUT2D eigenvalue weighted by Crippen LogP contribution is 2.20. The van der Waals surface area contributed by atoms with Gasteiger partial charge in [-0.05, 0) is 37.5 Å². The van der Waals surface area contributed by atoms with Crippen molar-refractivity contribution in [1.82, 2.24) is 4.98 Å². The van der Waals surface area contributed by atoms with Crippen molar-refractivity contribution in [3.8, 4) is 0 Å². The van der Waals surface area contributed by atoms with Crippen molar-refractivity contribution < 1.29 is 10.2 Å². The summed E-state index contributed by atoms with van der Waals surface area (Å²) in [5.41, 5.74) is 1.78. The standard InChI is InChI=1S/C12H18N2O2/c1-9-5-10(8-15)6-12(13-9)14-4-2-3-11(16)7-14/h5-6,11,15-16H,2-4,7-8H2,1H3. The number of pyridine rings is 1. The SMILES string of the molecule is Cc1cc(CO)cc(N2CCCC(O)C2)n1.